The van der Waals surface area contributed by atoms with E-state index in [0.29, 0.717) is 31.5 Å². The second-order valence-corrected chi connectivity index (χ2v) is 5.69. The zero-order chi connectivity index (χ0) is 17.7. The second kappa shape index (κ2) is 7.94. The first-order chi connectivity index (χ1) is 11.4. The fourth-order valence-electron chi connectivity index (χ4n) is 2.73. The van der Waals surface area contributed by atoms with Gasteiger partial charge in [0.25, 0.3) is 0 Å². The van der Waals surface area contributed by atoms with E-state index in [2.05, 4.69) is 10.1 Å². The number of ether oxygens (including phenoxy) is 1. The van der Waals surface area contributed by atoms with E-state index in [4.69, 9.17) is 5.11 Å². The Bertz CT molecular complexity index is 589. The van der Waals surface area contributed by atoms with Crippen LogP contribution in [-0.4, -0.2) is 41.7 Å². The van der Waals surface area contributed by atoms with Crippen molar-refractivity contribution in [1.29, 1.82) is 0 Å². The molecule has 24 heavy (non-hydrogen) atoms. The summed E-state index contributed by atoms with van der Waals surface area (Å²) in [4.78, 5) is 24.7. The zero-order valence-corrected chi connectivity index (χ0v) is 13.2. The van der Waals surface area contributed by atoms with Crippen LogP contribution in [-0.2, 0) is 4.79 Å². The number of amides is 2. The van der Waals surface area contributed by atoms with E-state index in [1.807, 2.05) is 0 Å². The molecule has 132 valence electrons. The van der Waals surface area contributed by atoms with Gasteiger partial charge < -0.3 is 20.1 Å². The molecule has 0 bridgehead atoms. The quantitative estimate of drug-likeness (QED) is 0.862. The van der Waals surface area contributed by atoms with Gasteiger partial charge in [-0.25, -0.2) is 4.79 Å². The van der Waals surface area contributed by atoms with E-state index < -0.39 is 24.5 Å². The number of likely N-dealkylation sites (tertiary alicyclic amines) is 1. The van der Waals surface area contributed by atoms with Gasteiger partial charge in [0, 0.05) is 18.7 Å². The first-order valence-electron chi connectivity index (χ1n) is 7.70. The monoisotopic (exact) mass is 342 g/mol. The van der Waals surface area contributed by atoms with Crippen LogP contribution in [0.25, 0.3) is 0 Å². The summed E-state index contributed by atoms with van der Waals surface area (Å²) >= 11 is 0. The Morgan fingerprint density at radius 2 is 1.92 bits per heavy atom. The predicted octanol–water partition coefficient (Wildman–Crippen LogP) is 2.86. The molecule has 2 amide bonds. The summed E-state index contributed by atoms with van der Waals surface area (Å²) < 4.78 is 29.4. The molecule has 1 aliphatic heterocycles. The van der Waals surface area contributed by atoms with Crippen molar-refractivity contribution in [3.05, 3.63) is 29.8 Å². The van der Waals surface area contributed by atoms with Gasteiger partial charge in [-0.3, -0.25) is 4.79 Å². The number of urea groups is 1. The molecule has 1 aromatic carbocycles. The van der Waals surface area contributed by atoms with Gasteiger partial charge in [-0.1, -0.05) is 18.2 Å². The molecule has 0 radical (unpaired) electrons. The average molecular weight is 342 g/mol. The lowest BCUT2D eigenvalue weighted by atomic mass is 9.97. The zero-order valence-electron chi connectivity index (χ0n) is 13.2. The molecule has 2 N–H and O–H groups in total. The number of piperidine rings is 1. The van der Waals surface area contributed by atoms with Crippen molar-refractivity contribution in [1.82, 2.24) is 10.2 Å². The number of carboxylic acids is 1. The lowest BCUT2D eigenvalue weighted by Gasteiger charge is -2.31. The number of hydrogen-bond acceptors (Lipinski definition) is 3. The summed E-state index contributed by atoms with van der Waals surface area (Å²) in [6.07, 6.45) is 0.810. The maximum atomic E-state index is 12.5. The van der Waals surface area contributed by atoms with Crippen LogP contribution < -0.4 is 10.1 Å². The molecule has 1 aromatic rings. The van der Waals surface area contributed by atoms with Gasteiger partial charge in [-0.15, -0.1) is 0 Å². The van der Waals surface area contributed by atoms with Crippen molar-refractivity contribution in [3.8, 4) is 5.75 Å². The number of carbonyl (C=O) groups excluding carboxylic acids is 1. The van der Waals surface area contributed by atoms with Crippen LogP contribution in [0.3, 0.4) is 0 Å². The van der Waals surface area contributed by atoms with Gasteiger partial charge in [0.1, 0.15) is 5.75 Å². The highest BCUT2D eigenvalue weighted by Crippen LogP contribution is 2.26. The largest absolute Gasteiger partial charge is 0.481 e. The molecular formula is C16H20F2N2O4. The third-order valence-electron chi connectivity index (χ3n) is 4.07. The Hall–Kier alpha value is -2.38. The molecule has 1 saturated heterocycles. The highest BCUT2D eigenvalue weighted by Gasteiger charge is 2.28. The molecule has 1 fully saturated rings. The minimum Gasteiger partial charge on any atom is -0.481 e. The summed E-state index contributed by atoms with van der Waals surface area (Å²) in [5.74, 6) is -1.25. The van der Waals surface area contributed by atoms with Crippen molar-refractivity contribution in [2.24, 2.45) is 5.92 Å². The molecule has 0 saturated carbocycles. The molecule has 1 unspecified atom stereocenters. The number of nitrogens with zero attached hydrogens (tertiary/aromatic N) is 1. The fraction of sp³-hybridized carbons (Fsp3) is 0.500. The van der Waals surface area contributed by atoms with Gasteiger partial charge in [0.15, 0.2) is 0 Å². The molecule has 1 aliphatic rings. The lowest BCUT2D eigenvalue weighted by Crippen LogP contribution is -2.46. The van der Waals surface area contributed by atoms with Crippen LogP contribution >= 0.6 is 0 Å². The average Bonchev–Trinajstić information content (AvgIpc) is 2.54. The number of carbonyl (C=O) groups is 2. The molecule has 1 atom stereocenters. The van der Waals surface area contributed by atoms with Crippen LogP contribution in [0.1, 0.15) is 31.4 Å². The highest BCUT2D eigenvalue weighted by atomic mass is 19.3. The number of rotatable bonds is 5. The van der Waals surface area contributed by atoms with Crippen LogP contribution in [0, 0.1) is 5.92 Å². The summed E-state index contributed by atoms with van der Waals surface area (Å²) in [6.45, 7) is -0.561. The van der Waals surface area contributed by atoms with Crippen LogP contribution in [0.15, 0.2) is 24.3 Å². The molecule has 0 aromatic heterocycles. The first kappa shape index (κ1) is 18.0. The van der Waals surface area contributed by atoms with Crippen LogP contribution in [0.4, 0.5) is 13.6 Å². The van der Waals surface area contributed by atoms with E-state index in [-0.39, 0.29) is 11.8 Å². The van der Waals surface area contributed by atoms with Crippen molar-refractivity contribution in [2.75, 3.05) is 13.1 Å². The number of benzene rings is 1. The number of carboxylic acid groups (broad SMARTS) is 1. The smallest absolute Gasteiger partial charge is 0.387 e. The van der Waals surface area contributed by atoms with Crippen molar-refractivity contribution in [2.45, 2.75) is 32.4 Å². The molecule has 8 heteroatoms. The summed E-state index contributed by atoms with van der Waals surface area (Å²) in [5.41, 5.74) is 0.451. The topological polar surface area (TPSA) is 78.9 Å². The molecule has 0 aliphatic carbocycles. The Kier molecular flexibility index (Phi) is 5.94. The van der Waals surface area contributed by atoms with Crippen LogP contribution in [0.5, 0.6) is 5.75 Å². The van der Waals surface area contributed by atoms with Crippen molar-refractivity contribution < 1.29 is 28.2 Å². The SMILES string of the molecule is CC(NC(=O)N1CCC(C(=O)O)CC1)c1ccccc1OC(F)F. The Balaban J connectivity index is 1.96. The highest BCUT2D eigenvalue weighted by molar-refractivity contribution is 5.76. The third kappa shape index (κ3) is 4.56. The number of aliphatic carboxylic acids is 1. The molecule has 0 spiro atoms. The molecular weight excluding hydrogens is 322 g/mol. The Morgan fingerprint density at radius 3 is 2.50 bits per heavy atom. The van der Waals surface area contributed by atoms with E-state index >= 15 is 0 Å². The van der Waals surface area contributed by atoms with Gasteiger partial charge in [-0.2, -0.15) is 8.78 Å². The van der Waals surface area contributed by atoms with E-state index in [1.54, 1.807) is 25.1 Å². The van der Waals surface area contributed by atoms with Gasteiger partial charge in [0.05, 0.1) is 12.0 Å². The summed E-state index contributed by atoms with van der Waals surface area (Å²) in [6, 6.07) is 5.41. The molecule has 6 nitrogen and oxygen atoms in total. The van der Waals surface area contributed by atoms with Gasteiger partial charge in [-0.05, 0) is 25.8 Å². The normalized spacial score (nSPS) is 16.8. The minimum atomic E-state index is -2.94. The van der Waals surface area contributed by atoms with Crippen molar-refractivity contribution in [3.63, 3.8) is 0 Å². The van der Waals surface area contributed by atoms with E-state index in [0.717, 1.165) is 0 Å². The standard InChI is InChI=1S/C16H20F2N2O4/c1-10(12-4-2-3-5-13(12)24-15(17)18)19-16(23)20-8-6-11(7-9-20)14(21)22/h2-5,10-11,15H,6-9H2,1H3,(H,19,23)(H,21,22). The van der Waals surface area contributed by atoms with Gasteiger partial charge in [0.2, 0.25) is 0 Å². The summed E-state index contributed by atoms with van der Waals surface area (Å²) in [7, 11) is 0. The van der Waals surface area contributed by atoms with Gasteiger partial charge >= 0.3 is 18.6 Å². The number of nitrogens with one attached hydrogen (secondary N) is 1. The molecule has 2 rings (SSSR count). The fourth-order valence-corrected chi connectivity index (χ4v) is 2.73. The van der Waals surface area contributed by atoms with Crippen LogP contribution in [0.2, 0.25) is 0 Å². The third-order valence-corrected chi connectivity index (χ3v) is 4.07. The Labute approximate surface area is 138 Å². The second-order valence-electron chi connectivity index (χ2n) is 5.69. The maximum Gasteiger partial charge on any atom is 0.387 e. The van der Waals surface area contributed by atoms with E-state index in [9.17, 15) is 18.4 Å². The maximum absolute atomic E-state index is 12.5. The number of hydrogen-bond donors (Lipinski definition) is 2. The minimum absolute atomic E-state index is 0.0184. The lowest BCUT2D eigenvalue weighted by molar-refractivity contribution is -0.143. The first-order valence-corrected chi connectivity index (χ1v) is 7.70. The Morgan fingerprint density at radius 1 is 1.29 bits per heavy atom. The number of para-hydroxylation sites is 1. The number of alkyl halides is 2. The summed E-state index contributed by atoms with van der Waals surface area (Å²) in [5, 5.41) is 11.7. The predicted molar refractivity (Wildman–Crippen MR) is 82.0 cm³/mol. The van der Waals surface area contributed by atoms with E-state index in [1.165, 1.54) is 11.0 Å². The number of halogens is 2. The van der Waals surface area contributed by atoms with Crippen molar-refractivity contribution >= 4 is 12.0 Å². The molecule has 1 heterocycles.